The minimum Gasteiger partial charge on any atom is -0.477 e. The number of hydrogen-bond donors (Lipinski definition) is 0. The number of nitrogens with zero attached hydrogens (tertiary/aromatic N) is 18. The first-order valence-corrected chi connectivity index (χ1v) is 41.9. The summed E-state index contributed by atoms with van der Waals surface area (Å²) in [5, 5.41) is 8.42. The van der Waals surface area contributed by atoms with Crippen LogP contribution < -0.4 is 18.9 Å². The highest BCUT2D eigenvalue weighted by Crippen LogP contribution is 2.48. The van der Waals surface area contributed by atoms with Crippen molar-refractivity contribution < 1.29 is 60.1 Å². The molecule has 0 saturated carbocycles. The summed E-state index contributed by atoms with van der Waals surface area (Å²) in [6, 6.07) is 44.1. The minimum atomic E-state index is -0.579. The smallest absolute Gasteiger partial charge is 0.258 e. The number of amides is 4. The van der Waals surface area contributed by atoms with Gasteiger partial charge in [-0.2, -0.15) is 15.0 Å². The molecule has 5 aromatic carbocycles. The molecule has 8 saturated heterocycles. The number of para-hydroxylation sites is 3. The number of rotatable bonds is 20. The molecule has 21 rings (SSSR count). The second kappa shape index (κ2) is 36.6. The van der Waals surface area contributed by atoms with Crippen LogP contribution in [0, 0.1) is 59.7 Å². The first kappa shape index (κ1) is 82.0. The van der Waals surface area contributed by atoms with Gasteiger partial charge in [-0.15, -0.1) is 0 Å². The summed E-state index contributed by atoms with van der Waals surface area (Å²) >= 11 is 0. The summed E-state index contributed by atoms with van der Waals surface area (Å²) in [6.45, 7) is 3.74. The number of pyridine rings is 3. The molecule has 12 atom stereocenters. The van der Waals surface area contributed by atoms with Crippen LogP contribution in [0.5, 0.6) is 23.5 Å². The third kappa shape index (κ3) is 17.6. The van der Waals surface area contributed by atoms with E-state index >= 15 is 0 Å². The Kier molecular flexibility index (Phi) is 24.0. The van der Waals surface area contributed by atoms with Crippen LogP contribution in [-0.4, -0.2) is 188 Å². The molecule has 8 fully saturated rings. The van der Waals surface area contributed by atoms with Crippen molar-refractivity contribution in [2.24, 2.45) is 23.7 Å². The van der Waals surface area contributed by atoms with E-state index in [4.69, 9.17) is 18.9 Å². The molecule has 0 N–H and O–H groups in total. The molecule has 0 spiro atoms. The monoisotopic (exact) mass is 1690 g/mol. The van der Waals surface area contributed by atoms with Crippen LogP contribution in [-0.2, 0) is 0 Å². The predicted octanol–water partition coefficient (Wildman–Crippen LogP) is 15.1. The second-order valence-electron chi connectivity index (χ2n) is 32.4. The van der Waals surface area contributed by atoms with E-state index in [-0.39, 0.29) is 113 Å². The molecule has 125 heavy (non-hydrogen) atoms. The van der Waals surface area contributed by atoms with Gasteiger partial charge in [0.05, 0.1) is 103 Å². The fourth-order valence-electron chi connectivity index (χ4n) is 19.4. The Hall–Kier alpha value is -14.0. The lowest BCUT2D eigenvalue weighted by atomic mass is 9.90. The van der Waals surface area contributed by atoms with Gasteiger partial charge in [0.2, 0.25) is 23.5 Å². The molecule has 16 heterocycles. The van der Waals surface area contributed by atoms with Crippen molar-refractivity contribution in [3.05, 3.63) is 289 Å². The van der Waals surface area contributed by atoms with Crippen molar-refractivity contribution in [3.8, 4) is 63.4 Å². The van der Waals surface area contributed by atoms with E-state index in [9.17, 15) is 41.1 Å². The lowest BCUT2D eigenvalue weighted by molar-refractivity contribution is 0.0698. The van der Waals surface area contributed by atoms with E-state index < -0.39 is 23.3 Å². The van der Waals surface area contributed by atoms with Crippen LogP contribution in [0.1, 0.15) is 124 Å². The topological polar surface area (TPSA) is 291 Å². The number of ether oxygens (including phenoxy) is 4. The molecule has 0 radical (unpaired) electrons. The third-order valence-corrected chi connectivity index (χ3v) is 24.9. The number of hydrogen-bond acceptors (Lipinski definition) is 21. The van der Waals surface area contributed by atoms with E-state index in [1.165, 1.54) is 59.4 Å². The molecule has 8 aliphatic heterocycles. The van der Waals surface area contributed by atoms with Gasteiger partial charge in [-0.05, 0) is 175 Å². The van der Waals surface area contributed by atoms with Gasteiger partial charge < -0.3 is 38.5 Å². The van der Waals surface area contributed by atoms with Crippen molar-refractivity contribution in [1.82, 2.24) is 89.4 Å². The summed E-state index contributed by atoms with van der Waals surface area (Å²) < 4.78 is 91.4. The van der Waals surface area contributed by atoms with E-state index in [2.05, 4.69) is 69.9 Å². The van der Waals surface area contributed by atoms with Crippen molar-refractivity contribution in [3.63, 3.8) is 0 Å². The molecule has 8 aliphatic rings. The van der Waals surface area contributed by atoms with Crippen molar-refractivity contribution in [1.29, 1.82) is 0 Å². The number of halogens is 5. The minimum absolute atomic E-state index is 0.00533. The van der Waals surface area contributed by atoms with Crippen molar-refractivity contribution in [2.75, 3.05) is 26.4 Å². The van der Waals surface area contributed by atoms with Crippen LogP contribution in [0.15, 0.2) is 232 Å². The molecule has 13 aromatic rings. The van der Waals surface area contributed by atoms with Gasteiger partial charge in [0.1, 0.15) is 29.1 Å². The zero-order valence-electron chi connectivity index (χ0n) is 67.9. The van der Waals surface area contributed by atoms with Crippen LogP contribution in [0.2, 0.25) is 0 Å². The van der Waals surface area contributed by atoms with Crippen LogP contribution in [0.3, 0.4) is 0 Å². The van der Waals surface area contributed by atoms with E-state index in [0.29, 0.717) is 95.4 Å². The van der Waals surface area contributed by atoms with Crippen molar-refractivity contribution in [2.45, 2.75) is 132 Å². The summed E-state index contributed by atoms with van der Waals surface area (Å²) in [7, 11) is 0. The van der Waals surface area contributed by atoms with Gasteiger partial charge in [-0.1, -0.05) is 54.1 Å². The van der Waals surface area contributed by atoms with E-state index in [1.807, 2.05) is 83.5 Å². The molecule has 31 heteroatoms. The standard InChI is InChI=1S/C24H23FN4O2.C24H22N6O2.2C23H20F2N4O2/c1-15-3-6-19(23-26-9-2-10-27-23)20(11-15)24(30)29-18-5-7-21(29)16(12-18)14-31-22-8-4-17(25)13-28-22;31-24(18-5-1-4-8-22(18)30-26-11-12-27-30)29-17-9-10-21(29)16(13-17)15-32-23-14-25-19-6-2-3-7-20(19)28-23;24-15-2-5-18(22-26-8-1-9-27-22)19(11-15)23(30)29-17-4-6-20(29)14(10-17)13-31-21-7-3-16(25)12-28-21;24-15-5-8-20(28-12-15)31-13-14-11-16-6-7-19(14)29(16)23(30)21-17(3-1-4-18(21)25)22-26-9-2-10-27-22/h2-4,6,8-11,13,16,18,21H,5,7,12,14H2,1H3;1-8,11-12,14,16-17,21H,9-10,13,15H2;1-3,5,7-9,11-12,14,17,20H,4,6,10,13H2;1-5,8-10,12,14,16,19H,6-7,11,13H2. The number of aryl methyl sites for hydroxylation is 1. The van der Waals surface area contributed by atoms with Crippen LogP contribution in [0.4, 0.5) is 22.0 Å². The Morgan fingerprint density at radius 2 is 0.744 bits per heavy atom. The Morgan fingerprint density at radius 3 is 1.21 bits per heavy atom. The largest absolute Gasteiger partial charge is 0.477 e. The fourth-order valence-corrected chi connectivity index (χ4v) is 19.4. The number of carbonyl (C=O) groups is 4. The Balaban J connectivity index is 0.000000113. The van der Waals surface area contributed by atoms with Gasteiger partial charge in [-0.25, -0.2) is 76.8 Å². The molecule has 8 bridgehead atoms. The average molecular weight is 1690 g/mol. The number of aromatic nitrogens is 14. The normalized spacial score (nSPS) is 22.0. The molecule has 0 aliphatic carbocycles. The van der Waals surface area contributed by atoms with Gasteiger partial charge >= 0.3 is 0 Å². The molecular formula is C94H85F5N18O8. The number of benzene rings is 5. The lowest BCUT2D eigenvalue weighted by Crippen LogP contribution is -2.38. The first-order valence-electron chi connectivity index (χ1n) is 41.9. The summed E-state index contributed by atoms with van der Waals surface area (Å²) in [5.74, 6) is 0.893. The molecule has 634 valence electrons. The van der Waals surface area contributed by atoms with Crippen molar-refractivity contribution >= 4 is 34.7 Å². The highest BCUT2D eigenvalue weighted by atomic mass is 19.1. The highest BCUT2D eigenvalue weighted by molar-refractivity contribution is 6.03. The Labute approximate surface area is 715 Å². The fraction of sp³-hybridized carbons (Fsp3) is 0.309. The molecule has 26 nitrogen and oxygen atoms in total. The average Bonchev–Trinajstić information content (AvgIpc) is 1.63. The molecule has 12 unspecified atom stereocenters. The Bertz CT molecular complexity index is 5840. The third-order valence-electron chi connectivity index (χ3n) is 24.9. The van der Waals surface area contributed by atoms with Gasteiger partial charge in [0, 0.05) is 144 Å². The molecular weight excluding hydrogens is 1600 g/mol. The number of carbonyl (C=O) groups excluding carboxylic acids is 4. The second-order valence-corrected chi connectivity index (χ2v) is 32.4. The molecule has 4 amide bonds. The van der Waals surface area contributed by atoms with E-state index in [0.717, 1.165) is 118 Å². The SMILES string of the molecule is Cc1ccc(-c2ncccn2)c(C(=O)N2C3CCC2C(COc2ccc(F)cn2)C3)c1.O=C(c1c(F)cccc1-c1ncccn1)N1C2CCC1C(COc1ccc(F)cn1)C2.O=C(c1cc(F)ccc1-c1ncccn1)N1C2CCC1C(COc1ccc(F)cn1)C2.O=C(c1ccccc1-n1nccn1)N1C2CCC1C(COc1cnc3ccccc3n1)C2. The summed E-state index contributed by atoms with van der Waals surface area (Å²) in [4.78, 5) is 110. The maximum atomic E-state index is 14.8. The van der Waals surface area contributed by atoms with Gasteiger partial charge in [-0.3, -0.25) is 19.2 Å². The number of fused-ring (bicyclic) bond motifs is 9. The predicted molar refractivity (Wildman–Crippen MR) is 447 cm³/mol. The zero-order chi connectivity index (χ0) is 85.6. The highest BCUT2D eigenvalue weighted by Gasteiger charge is 2.53. The quantitative estimate of drug-likeness (QED) is 0.0640. The summed E-state index contributed by atoms with van der Waals surface area (Å²) in [5.41, 5.74) is 6.60. The first-order chi connectivity index (χ1) is 61.1. The Morgan fingerprint density at radius 1 is 0.344 bits per heavy atom. The lowest BCUT2D eigenvalue weighted by Gasteiger charge is -2.25. The summed E-state index contributed by atoms with van der Waals surface area (Å²) in [6.07, 6.45) is 28.9. The maximum Gasteiger partial charge on any atom is 0.258 e. The van der Waals surface area contributed by atoms with Gasteiger partial charge in [0.15, 0.2) is 17.5 Å². The zero-order valence-corrected chi connectivity index (χ0v) is 67.9. The van der Waals surface area contributed by atoms with Gasteiger partial charge in [0.25, 0.3) is 23.6 Å². The van der Waals surface area contributed by atoms with Crippen LogP contribution >= 0.6 is 0 Å². The van der Waals surface area contributed by atoms with E-state index in [1.54, 1.807) is 97.1 Å². The molecule has 8 aromatic heterocycles. The van der Waals surface area contributed by atoms with Crippen LogP contribution in [0.25, 0.3) is 50.9 Å². The maximum absolute atomic E-state index is 14.8.